The summed E-state index contributed by atoms with van der Waals surface area (Å²) in [6.45, 7) is 7.06. The lowest BCUT2D eigenvalue weighted by atomic mass is 9.76. The van der Waals surface area contributed by atoms with Crippen LogP contribution in [0.1, 0.15) is 138 Å². The molecule has 1 unspecified atom stereocenters. The predicted molar refractivity (Wildman–Crippen MR) is 250 cm³/mol. The molecule has 0 aromatic heterocycles. The van der Waals surface area contributed by atoms with Crippen molar-refractivity contribution in [1.82, 2.24) is 0 Å². The van der Waals surface area contributed by atoms with Gasteiger partial charge in [0.1, 0.15) is 42.5 Å². The van der Waals surface area contributed by atoms with Gasteiger partial charge < -0.3 is 47.4 Å². The number of esters is 4. The summed E-state index contributed by atoms with van der Waals surface area (Å²) in [5.74, 6) is -0.987. The largest absolute Gasteiger partial charge is 0.514 e. The molecule has 70 heavy (non-hydrogen) atoms. The van der Waals surface area contributed by atoms with Crippen LogP contribution in [-0.2, 0) is 75.3 Å². The fourth-order valence-electron chi connectivity index (χ4n) is 11.4. The van der Waals surface area contributed by atoms with Crippen molar-refractivity contribution in [2.45, 2.75) is 170 Å². The van der Waals surface area contributed by atoms with Gasteiger partial charge in [0.05, 0.1) is 30.7 Å². The van der Waals surface area contributed by atoms with E-state index in [1.165, 1.54) is 0 Å². The summed E-state index contributed by atoms with van der Waals surface area (Å²) in [4.78, 5) is 75.5. The average Bonchev–Trinajstić information content (AvgIpc) is 3.95. The van der Waals surface area contributed by atoms with Gasteiger partial charge in [0, 0.05) is 28.7 Å². The molecule has 6 aliphatic carbocycles. The van der Waals surface area contributed by atoms with Gasteiger partial charge in [0.15, 0.2) is 6.79 Å². The maximum absolute atomic E-state index is 13.5. The Labute approximate surface area is 409 Å². The van der Waals surface area contributed by atoms with Crippen molar-refractivity contribution in [2.75, 3.05) is 20.0 Å². The highest BCUT2D eigenvalue weighted by Gasteiger charge is 2.49. The first-order valence-electron chi connectivity index (χ1n) is 25.2. The molecule has 4 saturated carbocycles. The molecule has 0 aliphatic heterocycles. The van der Waals surface area contributed by atoms with E-state index >= 15 is 0 Å². The van der Waals surface area contributed by atoms with Gasteiger partial charge in [0.25, 0.3) is 0 Å². The molecular formula is C54H66O16. The third kappa shape index (κ3) is 12.8. The Morgan fingerprint density at radius 3 is 1.33 bits per heavy atom. The number of benzene rings is 2. The predicted octanol–water partition coefficient (Wildman–Crippen LogP) is 9.17. The second kappa shape index (κ2) is 23.9. The zero-order chi connectivity index (χ0) is 49.0. The number of hydrogen-bond acceptors (Lipinski definition) is 16. The van der Waals surface area contributed by atoms with Gasteiger partial charge in [-0.3, -0.25) is 9.59 Å². The molecule has 0 amide bonds. The van der Waals surface area contributed by atoms with Gasteiger partial charge in [-0.1, -0.05) is 37.4 Å². The minimum Gasteiger partial charge on any atom is -0.462 e. The Balaban J connectivity index is 0.777. The highest BCUT2D eigenvalue weighted by Crippen LogP contribution is 2.57. The summed E-state index contributed by atoms with van der Waals surface area (Å²) in [5, 5.41) is 0. The average molecular weight is 971 g/mol. The van der Waals surface area contributed by atoms with E-state index in [1.54, 1.807) is 12.1 Å². The van der Waals surface area contributed by atoms with Gasteiger partial charge in [-0.15, -0.1) is 0 Å². The highest BCUT2D eigenvalue weighted by atomic mass is 16.7. The summed E-state index contributed by atoms with van der Waals surface area (Å²) in [5.41, 5.74) is 3.38. The van der Waals surface area contributed by atoms with Crippen LogP contribution < -0.4 is 9.47 Å². The second-order valence-electron chi connectivity index (χ2n) is 19.4. The van der Waals surface area contributed by atoms with Crippen molar-refractivity contribution in [1.29, 1.82) is 0 Å². The van der Waals surface area contributed by atoms with Crippen LogP contribution in [0.25, 0.3) is 0 Å². The molecule has 2 aromatic carbocycles. The minimum absolute atomic E-state index is 0.0135. The topological polar surface area (TPSA) is 195 Å². The maximum Gasteiger partial charge on any atom is 0.514 e. The number of fused-ring (bicyclic) bond motifs is 4. The van der Waals surface area contributed by atoms with Crippen molar-refractivity contribution < 1.29 is 76.1 Å². The van der Waals surface area contributed by atoms with Crippen molar-refractivity contribution in [2.24, 2.45) is 11.8 Å². The van der Waals surface area contributed by atoms with Crippen molar-refractivity contribution >= 4 is 36.2 Å². The molecule has 0 saturated heterocycles. The van der Waals surface area contributed by atoms with Gasteiger partial charge in [0.2, 0.25) is 0 Å². The monoisotopic (exact) mass is 970 g/mol. The Morgan fingerprint density at radius 1 is 0.486 bits per heavy atom. The fourth-order valence-corrected chi connectivity index (χ4v) is 11.4. The number of rotatable bonds is 17. The van der Waals surface area contributed by atoms with Crippen LogP contribution in [-0.4, -0.2) is 92.8 Å². The molecule has 0 heterocycles. The molecular weight excluding hydrogens is 905 g/mol. The third-order valence-electron chi connectivity index (χ3n) is 15.1. The molecule has 1 spiro atoms. The van der Waals surface area contributed by atoms with E-state index in [0.717, 1.165) is 72.9 Å². The summed E-state index contributed by atoms with van der Waals surface area (Å²) >= 11 is 0. The zero-order valence-electron chi connectivity index (χ0n) is 39.9. The Bertz CT molecular complexity index is 2200. The molecule has 16 heteroatoms. The summed E-state index contributed by atoms with van der Waals surface area (Å²) < 4.78 is 56.9. The summed E-state index contributed by atoms with van der Waals surface area (Å²) in [6.07, 6.45) is 12.1. The standard InChI is InChI=1S/C54H66O16/c1-3-46(55)62-32-31-61-38-15-11-36(12-16-38)50(57)65-40-19-23-42(24-20-40)67-52(59)69-44-9-5-7-34-27-29-54(48(34)44)30-28-35-8-6-10-45(49(35)54)70-53(60)68-43-25-21-41(22-26-43)66-51(58)37-13-17-39(18-14-37)63-33-64-47(56)4-2/h3-10,36-43H,1-2,11-33H2. The van der Waals surface area contributed by atoms with E-state index in [-0.39, 0.29) is 73.8 Å². The fraction of sp³-hybridized carbons (Fsp3) is 0.593. The lowest BCUT2D eigenvalue weighted by Gasteiger charge is -2.32. The first-order chi connectivity index (χ1) is 34.0. The molecule has 2 aromatic rings. The second-order valence-corrected chi connectivity index (χ2v) is 19.4. The van der Waals surface area contributed by atoms with Crippen LogP contribution in [0.2, 0.25) is 0 Å². The lowest BCUT2D eigenvalue weighted by Crippen LogP contribution is -2.34. The van der Waals surface area contributed by atoms with Crippen molar-refractivity contribution in [3.8, 4) is 11.5 Å². The van der Waals surface area contributed by atoms with E-state index in [4.69, 9.17) is 47.4 Å². The lowest BCUT2D eigenvalue weighted by molar-refractivity contribution is -0.162. The molecule has 16 nitrogen and oxygen atoms in total. The van der Waals surface area contributed by atoms with E-state index < -0.39 is 29.7 Å². The normalized spacial score (nSPS) is 27.9. The molecule has 378 valence electrons. The van der Waals surface area contributed by atoms with Gasteiger partial charge in [-0.2, -0.15) is 0 Å². The molecule has 6 aliphatic rings. The van der Waals surface area contributed by atoms with Crippen LogP contribution >= 0.6 is 0 Å². The van der Waals surface area contributed by atoms with Crippen LogP contribution in [0.3, 0.4) is 0 Å². The van der Waals surface area contributed by atoms with Crippen LogP contribution in [0.5, 0.6) is 11.5 Å². The first-order valence-corrected chi connectivity index (χ1v) is 25.2. The Morgan fingerprint density at radius 2 is 0.886 bits per heavy atom. The Hall–Kier alpha value is -5.74. The van der Waals surface area contributed by atoms with E-state index in [2.05, 4.69) is 13.2 Å². The van der Waals surface area contributed by atoms with Crippen molar-refractivity contribution in [3.63, 3.8) is 0 Å². The summed E-state index contributed by atoms with van der Waals surface area (Å²) in [6, 6.07) is 11.4. The molecule has 0 radical (unpaired) electrons. The van der Waals surface area contributed by atoms with E-state index in [9.17, 15) is 28.8 Å². The van der Waals surface area contributed by atoms with E-state index in [1.807, 2.05) is 24.3 Å². The maximum atomic E-state index is 13.5. The molecule has 1 atom stereocenters. The molecule has 0 bridgehead atoms. The number of carbonyl (C=O) groups is 6. The van der Waals surface area contributed by atoms with Crippen LogP contribution in [0.4, 0.5) is 9.59 Å². The molecule has 8 rings (SSSR count). The van der Waals surface area contributed by atoms with Crippen LogP contribution in [0.15, 0.2) is 61.7 Å². The number of aryl methyl sites for hydroxylation is 2. The van der Waals surface area contributed by atoms with Gasteiger partial charge >= 0.3 is 36.2 Å². The van der Waals surface area contributed by atoms with Gasteiger partial charge in [-0.05, 0) is 152 Å². The smallest absolute Gasteiger partial charge is 0.462 e. The minimum atomic E-state index is -0.791. The quantitative estimate of drug-likeness (QED) is 0.0363. The van der Waals surface area contributed by atoms with Crippen LogP contribution in [0, 0.1) is 11.8 Å². The van der Waals surface area contributed by atoms with Crippen molar-refractivity contribution in [3.05, 3.63) is 84.0 Å². The highest BCUT2D eigenvalue weighted by molar-refractivity contribution is 5.81. The summed E-state index contributed by atoms with van der Waals surface area (Å²) in [7, 11) is 0. The van der Waals surface area contributed by atoms with Gasteiger partial charge in [-0.25, -0.2) is 19.2 Å². The number of ether oxygens (including phenoxy) is 10. The zero-order valence-corrected chi connectivity index (χ0v) is 39.9. The Kier molecular flexibility index (Phi) is 17.3. The molecule has 0 N–H and O–H groups in total. The number of carbonyl (C=O) groups excluding carboxylic acids is 6. The third-order valence-corrected chi connectivity index (χ3v) is 15.1. The number of hydrogen-bond donors (Lipinski definition) is 0. The van der Waals surface area contributed by atoms with E-state index in [0.29, 0.717) is 108 Å². The molecule has 4 fully saturated rings. The first kappa shape index (κ1) is 50.6. The SMILES string of the molecule is C=CC(=O)OCCOC1CCC(C(=O)OC2CCC(OC(=O)Oc3cccc4c3C3(CC4)CCc4cccc(OC(=O)OC5CCC(OC(=O)C6CCC(OCOC(=O)C=C)CC6)CC5)c43)CC2)CC1.